The molecule has 0 unspecified atom stereocenters. The van der Waals surface area contributed by atoms with E-state index in [1.165, 1.54) is 5.56 Å². The third-order valence-electron chi connectivity index (χ3n) is 3.99. The predicted molar refractivity (Wildman–Crippen MR) is 85.4 cm³/mol. The average molecular weight is 303 g/mol. The molecule has 1 fully saturated rings. The number of rotatable bonds is 8. The number of likely N-dealkylation sites (tertiary alicyclic amines) is 1. The minimum atomic E-state index is 0.0910. The summed E-state index contributed by atoms with van der Waals surface area (Å²) < 4.78 is 5.25. The number of aliphatic hydroxyl groups excluding tert-OH is 1. The lowest BCUT2D eigenvalue weighted by Crippen LogP contribution is -2.43. The van der Waals surface area contributed by atoms with Crippen LogP contribution in [0.25, 0.3) is 0 Å². The van der Waals surface area contributed by atoms with Gasteiger partial charge in [0.25, 0.3) is 0 Å². The van der Waals surface area contributed by atoms with Crippen LogP contribution in [0.15, 0.2) is 24.3 Å². The molecule has 5 heteroatoms. The molecule has 0 aliphatic carbocycles. The van der Waals surface area contributed by atoms with Crippen LogP contribution in [0.4, 0.5) is 0 Å². The summed E-state index contributed by atoms with van der Waals surface area (Å²) in [6, 6.07) is 10.6. The number of piperidine rings is 1. The average Bonchev–Trinajstić information content (AvgIpc) is 2.57. The molecule has 0 amide bonds. The summed E-state index contributed by atoms with van der Waals surface area (Å²) in [5, 5.41) is 20.9. The van der Waals surface area contributed by atoms with Crippen molar-refractivity contribution in [3.63, 3.8) is 0 Å². The van der Waals surface area contributed by atoms with E-state index in [9.17, 15) is 0 Å². The van der Waals surface area contributed by atoms with Crippen LogP contribution in [0.5, 0.6) is 0 Å². The van der Waals surface area contributed by atoms with Crippen LogP contribution in [0.2, 0.25) is 0 Å². The molecule has 0 aromatic heterocycles. The molecule has 2 N–H and O–H groups in total. The number of nitrogens with one attached hydrogen (secondary N) is 1. The third-order valence-corrected chi connectivity index (χ3v) is 3.99. The molecule has 1 aliphatic heterocycles. The van der Waals surface area contributed by atoms with E-state index in [1.54, 1.807) is 0 Å². The Morgan fingerprint density at radius 3 is 2.59 bits per heavy atom. The monoisotopic (exact) mass is 303 g/mol. The van der Waals surface area contributed by atoms with Crippen LogP contribution in [0.3, 0.4) is 0 Å². The van der Waals surface area contributed by atoms with Crippen LogP contribution in [-0.4, -0.2) is 55.5 Å². The highest BCUT2D eigenvalue weighted by molar-refractivity contribution is 5.31. The zero-order chi connectivity index (χ0) is 15.6. The number of hydrogen-bond donors (Lipinski definition) is 2. The fourth-order valence-electron chi connectivity index (χ4n) is 2.74. The van der Waals surface area contributed by atoms with Crippen molar-refractivity contribution in [3.8, 4) is 6.07 Å². The SMILES string of the molecule is N#Cc1ccc(CN2CCC(NCCOCCO)CC2)cc1. The number of ether oxygens (including phenoxy) is 1. The first-order valence-corrected chi connectivity index (χ1v) is 7.95. The van der Waals surface area contributed by atoms with Gasteiger partial charge in [0.15, 0.2) is 0 Å². The lowest BCUT2D eigenvalue weighted by Gasteiger charge is -2.32. The van der Waals surface area contributed by atoms with E-state index in [0.29, 0.717) is 19.3 Å². The number of hydrogen-bond acceptors (Lipinski definition) is 5. The van der Waals surface area contributed by atoms with Crippen LogP contribution in [0.1, 0.15) is 24.0 Å². The fourth-order valence-corrected chi connectivity index (χ4v) is 2.74. The van der Waals surface area contributed by atoms with E-state index < -0.39 is 0 Å². The van der Waals surface area contributed by atoms with Gasteiger partial charge in [0.2, 0.25) is 0 Å². The maximum atomic E-state index is 8.81. The number of benzene rings is 1. The quantitative estimate of drug-likeness (QED) is 0.705. The molecule has 1 aliphatic rings. The second-order valence-electron chi connectivity index (χ2n) is 5.65. The summed E-state index contributed by atoms with van der Waals surface area (Å²) >= 11 is 0. The lowest BCUT2D eigenvalue weighted by atomic mass is 10.0. The molecule has 0 bridgehead atoms. The van der Waals surface area contributed by atoms with Crippen molar-refractivity contribution in [2.24, 2.45) is 0 Å². The topological polar surface area (TPSA) is 68.5 Å². The van der Waals surface area contributed by atoms with Crippen LogP contribution in [-0.2, 0) is 11.3 Å². The Morgan fingerprint density at radius 2 is 1.95 bits per heavy atom. The lowest BCUT2D eigenvalue weighted by molar-refractivity contribution is 0.0901. The predicted octanol–water partition coefficient (Wildman–Crippen LogP) is 1.12. The molecule has 1 aromatic carbocycles. The number of nitriles is 1. The maximum Gasteiger partial charge on any atom is 0.0991 e. The van der Waals surface area contributed by atoms with Gasteiger partial charge in [-0.15, -0.1) is 0 Å². The Morgan fingerprint density at radius 1 is 1.23 bits per heavy atom. The summed E-state index contributed by atoms with van der Waals surface area (Å²) in [5.74, 6) is 0. The fraction of sp³-hybridized carbons (Fsp3) is 0.588. The Hall–Kier alpha value is -1.45. The molecule has 1 aromatic rings. The molecular formula is C17H25N3O2. The van der Waals surface area contributed by atoms with Crippen molar-refractivity contribution in [2.45, 2.75) is 25.4 Å². The number of nitrogens with zero attached hydrogens (tertiary/aromatic N) is 2. The first kappa shape index (κ1) is 16.9. The van der Waals surface area contributed by atoms with E-state index in [0.717, 1.165) is 44.6 Å². The summed E-state index contributed by atoms with van der Waals surface area (Å²) in [4.78, 5) is 2.46. The molecular weight excluding hydrogens is 278 g/mol. The van der Waals surface area contributed by atoms with Gasteiger partial charge in [-0.3, -0.25) is 4.90 Å². The number of aliphatic hydroxyl groups is 1. The van der Waals surface area contributed by atoms with Gasteiger partial charge >= 0.3 is 0 Å². The summed E-state index contributed by atoms with van der Waals surface area (Å²) in [6.07, 6.45) is 2.30. The second kappa shape index (κ2) is 9.54. The van der Waals surface area contributed by atoms with Crippen molar-refractivity contribution in [1.29, 1.82) is 5.26 Å². The molecule has 1 saturated heterocycles. The first-order chi connectivity index (χ1) is 10.8. The van der Waals surface area contributed by atoms with Gasteiger partial charge in [0, 0.05) is 19.1 Å². The van der Waals surface area contributed by atoms with Crippen molar-refractivity contribution in [2.75, 3.05) is 39.5 Å². The van der Waals surface area contributed by atoms with Crippen molar-refractivity contribution >= 4 is 0 Å². The van der Waals surface area contributed by atoms with Crippen LogP contribution >= 0.6 is 0 Å². The highest BCUT2D eigenvalue weighted by Gasteiger charge is 2.18. The molecule has 0 spiro atoms. The van der Waals surface area contributed by atoms with E-state index in [-0.39, 0.29) is 6.61 Å². The first-order valence-electron chi connectivity index (χ1n) is 7.95. The highest BCUT2D eigenvalue weighted by Crippen LogP contribution is 2.14. The summed E-state index contributed by atoms with van der Waals surface area (Å²) in [5.41, 5.74) is 1.98. The molecule has 22 heavy (non-hydrogen) atoms. The van der Waals surface area contributed by atoms with Crippen molar-refractivity contribution < 1.29 is 9.84 Å². The van der Waals surface area contributed by atoms with Crippen LogP contribution in [0, 0.1) is 11.3 Å². The molecule has 1 heterocycles. The summed E-state index contributed by atoms with van der Waals surface area (Å²) in [6.45, 7) is 5.16. The Kier molecular flexibility index (Phi) is 7.34. The van der Waals surface area contributed by atoms with Gasteiger partial charge in [0.05, 0.1) is 31.5 Å². The Labute approximate surface area is 132 Å². The third kappa shape index (κ3) is 5.74. The van der Waals surface area contributed by atoms with Crippen molar-refractivity contribution in [3.05, 3.63) is 35.4 Å². The molecule has 5 nitrogen and oxygen atoms in total. The maximum absolute atomic E-state index is 8.81. The second-order valence-corrected chi connectivity index (χ2v) is 5.65. The van der Waals surface area contributed by atoms with E-state index in [2.05, 4.69) is 16.3 Å². The Bertz CT molecular complexity index is 462. The van der Waals surface area contributed by atoms with E-state index in [4.69, 9.17) is 15.1 Å². The highest BCUT2D eigenvalue weighted by atomic mass is 16.5. The molecule has 0 saturated carbocycles. The van der Waals surface area contributed by atoms with Gasteiger partial charge in [-0.05, 0) is 43.6 Å². The van der Waals surface area contributed by atoms with Crippen LogP contribution < -0.4 is 5.32 Å². The molecule has 2 rings (SSSR count). The summed E-state index contributed by atoms with van der Waals surface area (Å²) in [7, 11) is 0. The van der Waals surface area contributed by atoms with E-state index >= 15 is 0 Å². The zero-order valence-electron chi connectivity index (χ0n) is 13.0. The molecule has 120 valence electrons. The largest absolute Gasteiger partial charge is 0.394 e. The minimum absolute atomic E-state index is 0.0910. The van der Waals surface area contributed by atoms with Gasteiger partial charge < -0.3 is 15.2 Å². The minimum Gasteiger partial charge on any atom is -0.394 e. The van der Waals surface area contributed by atoms with Gasteiger partial charge in [-0.2, -0.15) is 5.26 Å². The zero-order valence-corrected chi connectivity index (χ0v) is 13.0. The smallest absolute Gasteiger partial charge is 0.0991 e. The van der Waals surface area contributed by atoms with Crippen molar-refractivity contribution in [1.82, 2.24) is 10.2 Å². The van der Waals surface area contributed by atoms with Gasteiger partial charge in [-0.1, -0.05) is 12.1 Å². The standard InChI is InChI=1S/C17H25N3O2/c18-13-15-1-3-16(4-2-15)14-20-8-5-17(6-9-20)19-7-11-22-12-10-21/h1-4,17,19,21H,5-12,14H2. The molecule has 0 radical (unpaired) electrons. The normalized spacial score (nSPS) is 16.5. The Balaban J connectivity index is 1.63. The van der Waals surface area contributed by atoms with Gasteiger partial charge in [0.1, 0.15) is 0 Å². The molecule has 0 atom stereocenters. The van der Waals surface area contributed by atoms with Gasteiger partial charge in [-0.25, -0.2) is 0 Å². The van der Waals surface area contributed by atoms with E-state index in [1.807, 2.05) is 24.3 Å².